The van der Waals surface area contributed by atoms with Crippen LogP contribution in [0.25, 0.3) is 0 Å². The highest BCUT2D eigenvalue weighted by Crippen LogP contribution is 2.24. The summed E-state index contributed by atoms with van der Waals surface area (Å²) in [4.78, 5) is 4.01. The number of aromatic nitrogens is 5. The molecule has 2 aromatic heterocycles. The lowest BCUT2D eigenvalue weighted by atomic mass is 10.0. The van der Waals surface area contributed by atoms with Crippen molar-refractivity contribution in [2.24, 2.45) is 12.8 Å². The molecule has 19 heavy (non-hydrogen) atoms. The molecule has 0 bridgehead atoms. The molecule has 0 atom stereocenters. The highest BCUT2D eigenvalue weighted by molar-refractivity contribution is 5.37. The molecule has 7 heteroatoms. The number of hydrogen-bond acceptors (Lipinski definition) is 6. The monoisotopic (exact) mass is 262 g/mol. The van der Waals surface area contributed by atoms with Gasteiger partial charge >= 0.3 is 6.01 Å². The molecule has 102 valence electrons. The Morgan fingerprint density at radius 1 is 1.21 bits per heavy atom. The van der Waals surface area contributed by atoms with Gasteiger partial charge in [-0.3, -0.25) is 4.68 Å². The standard InChI is InChI=1S/C12H18N6O/c1-4-8-9(6-13)11(16-15-10(8)5-2)19-12-14-7-18(3)17-12/h7H,4-6,13H2,1-3H3. The molecule has 0 saturated carbocycles. The zero-order valence-corrected chi connectivity index (χ0v) is 11.4. The van der Waals surface area contributed by atoms with E-state index in [4.69, 9.17) is 10.5 Å². The van der Waals surface area contributed by atoms with E-state index < -0.39 is 0 Å². The number of hydrogen-bond donors (Lipinski definition) is 1. The van der Waals surface area contributed by atoms with Crippen LogP contribution < -0.4 is 10.5 Å². The molecule has 0 amide bonds. The molecule has 0 aliphatic carbocycles. The first-order valence-corrected chi connectivity index (χ1v) is 6.30. The van der Waals surface area contributed by atoms with E-state index in [1.54, 1.807) is 18.1 Å². The number of nitrogens with two attached hydrogens (primary N) is 1. The second-order valence-corrected chi connectivity index (χ2v) is 4.12. The molecule has 2 aromatic rings. The molecule has 0 aromatic carbocycles. The summed E-state index contributed by atoms with van der Waals surface area (Å²) in [5, 5.41) is 12.3. The van der Waals surface area contributed by atoms with Crippen LogP contribution in [0, 0.1) is 0 Å². The summed E-state index contributed by atoms with van der Waals surface area (Å²) in [6.07, 6.45) is 3.23. The molecule has 7 nitrogen and oxygen atoms in total. The molecule has 2 rings (SSSR count). The van der Waals surface area contributed by atoms with Crippen LogP contribution in [0.2, 0.25) is 0 Å². The van der Waals surface area contributed by atoms with Gasteiger partial charge in [-0.15, -0.1) is 10.2 Å². The maximum atomic E-state index is 5.82. The van der Waals surface area contributed by atoms with E-state index in [0.29, 0.717) is 12.4 Å². The first-order chi connectivity index (χ1) is 9.19. The Bertz CT molecular complexity index is 565. The summed E-state index contributed by atoms with van der Waals surface area (Å²) in [5.41, 5.74) is 8.76. The predicted octanol–water partition coefficient (Wildman–Crippen LogP) is 0.981. The first-order valence-electron chi connectivity index (χ1n) is 6.30. The van der Waals surface area contributed by atoms with Crippen molar-refractivity contribution in [1.82, 2.24) is 25.0 Å². The minimum absolute atomic E-state index is 0.248. The van der Waals surface area contributed by atoms with E-state index in [0.717, 1.165) is 29.7 Å². The topological polar surface area (TPSA) is 91.7 Å². The fourth-order valence-corrected chi connectivity index (χ4v) is 1.98. The van der Waals surface area contributed by atoms with Gasteiger partial charge < -0.3 is 10.5 Å². The summed E-state index contributed by atoms with van der Waals surface area (Å²) in [7, 11) is 1.77. The second kappa shape index (κ2) is 5.75. The lowest BCUT2D eigenvalue weighted by Crippen LogP contribution is -2.11. The third-order valence-corrected chi connectivity index (χ3v) is 2.89. The molecule has 0 spiro atoms. The zero-order valence-electron chi connectivity index (χ0n) is 11.4. The third kappa shape index (κ3) is 2.70. The van der Waals surface area contributed by atoms with Crippen molar-refractivity contribution in [3.63, 3.8) is 0 Å². The van der Waals surface area contributed by atoms with Crippen LogP contribution in [0.4, 0.5) is 0 Å². The van der Waals surface area contributed by atoms with Crippen molar-refractivity contribution in [2.75, 3.05) is 0 Å². The molecular weight excluding hydrogens is 244 g/mol. The summed E-state index contributed by atoms with van der Waals surface area (Å²) >= 11 is 0. The molecule has 0 saturated heterocycles. The van der Waals surface area contributed by atoms with Gasteiger partial charge in [0.05, 0.1) is 5.69 Å². The Hall–Kier alpha value is -2.02. The molecule has 0 radical (unpaired) electrons. The normalized spacial score (nSPS) is 10.7. The predicted molar refractivity (Wildman–Crippen MR) is 69.8 cm³/mol. The van der Waals surface area contributed by atoms with Crippen LogP contribution in [0.15, 0.2) is 6.33 Å². The van der Waals surface area contributed by atoms with Crippen molar-refractivity contribution >= 4 is 0 Å². The number of aryl methyl sites for hydroxylation is 2. The SMILES string of the molecule is CCc1nnc(Oc2ncn(C)n2)c(CN)c1CC. The van der Waals surface area contributed by atoms with Gasteiger partial charge in [-0.1, -0.05) is 13.8 Å². The molecule has 0 aliphatic rings. The molecule has 2 heterocycles. The summed E-state index contributed by atoms with van der Waals surface area (Å²) < 4.78 is 7.13. The minimum atomic E-state index is 0.248. The Kier molecular flexibility index (Phi) is 4.06. The van der Waals surface area contributed by atoms with Gasteiger partial charge in [0.15, 0.2) is 0 Å². The van der Waals surface area contributed by atoms with E-state index in [1.165, 1.54) is 0 Å². The fraction of sp³-hybridized carbons (Fsp3) is 0.500. The molecule has 0 fully saturated rings. The summed E-state index contributed by atoms with van der Waals surface area (Å²) in [6, 6.07) is 0.248. The second-order valence-electron chi connectivity index (χ2n) is 4.12. The maximum Gasteiger partial charge on any atom is 0.342 e. The number of rotatable bonds is 5. The van der Waals surface area contributed by atoms with Gasteiger partial charge in [0.1, 0.15) is 6.33 Å². The lowest BCUT2D eigenvalue weighted by molar-refractivity contribution is 0.409. The number of ether oxygens (including phenoxy) is 1. The lowest BCUT2D eigenvalue weighted by Gasteiger charge is -2.12. The maximum absolute atomic E-state index is 5.82. The Labute approximate surface area is 111 Å². The summed E-state index contributed by atoms with van der Waals surface area (Å²) in [5.74, 6) is 0.391. The van der Waals surface area contributed by atoms with Gasteiger partial charge in [0.25, 0.3) is 0 Å². The van der Waals surface area contributed by atoms with Crippen LogP contribution in [-0.2, 0) is 26.4 Å². The van der Waals surface area contributed by atoms with E-state index in [9.17, 15) is 0 Å². The van der Waals surface area contributed by atoms with Gasteiger partial charge in [-0.25, -0.2) is 0 Å². The van der Waals surface area contributed by atoms with Gasteiger partial charge in [-0.05, 0) is 18.4 Å². The highest BCUT2D eigenvalue weighted by atomic mass is 16.5. The largest absolute Gasteiger partial charge is 0.402 e. The van der Waals surface area contributed by atoms with Crippen molar-refractivity contribution < 1.29 is 4.74 Å². The fourth-order valence-electron chi connectivity index (χ4n) is 1.98. The average molecular weight is 262 g/mol. The molecule has 0 aliphatic heterocycles. The third-order valence-electron chi connectivity index (χ3n) is 2.89. The van der Waals surface area contributed by atoms with E-state index in [2.05, 4.69) is 27.2 Å². The molecule has 2 N–H and O–H groups in total. The van der Waals surface area contributed by atoms with Crippen molar-refractivity contribution in [2.45, 2.75) is 33.2 Å². The van der Waals surface area contributed by atoms with Gasteiger partial charge in [0.2, 0.25) is 5.88 Å². The molecule has 0 unspecified atom stereocenters. The molecular formula is C12H18N6O. The van der Waals surface area contributed by atoms with Crippen LogP contribution in [0.3, 0.4) is 0 Å². The minimum Gasteiger partial charge on any atom is -0.402 e. The Morgan fingerprint density at radius 2 is 2.00 bits per heavy atom. The van der Waals surface area contributed by atoms with Crippen molar-refractivity contribution in [1.29, 1.82) is 0 Å². The van der Waals surface area contributed by atoms with E-state index in [1.807, 2.05) is 6.92 Å². The van der Waals surface area contributed by atoms with Crippen LogP contribution in [0.5, 0.6) is 11.9 Å². The van der Waals surface area contributed by atoms with Crippen molar-refractivity contribution in [3.05, 3.63) is 23.1 Å². The Morgan fingerprint density at radius 3 is 2.53 bits per heavy atom. The smallest absolute Gasteiger partial charge is 0.342 e. The van der Waals surface area contributed by atoms with Gasteiger partial charge in [0, 0.05) is 19.2 Å². The quantitative estimate of drug-likeness (QED) is 0.863. The summed E-state index contributed by atoms with van der Waals surface area (Å²) in [6.45, 7) is 4.47. The van der Waals surface area contributed by atoms with E-state index in [-0.39, 0.29) is 6.01 Å². The number of nitrogens with zero attached hydrogens (tertiary/aromatic N) is 5. The van der Waals surface area contributed by atoms with Crippen LogP contribution in [0.1, 0.15) is 30.7 Å². The van der Waals surface area contributed by atoms with Crippen LogP contribution in [-0.4, -0.2) is 25.0 Å². The van der Waals surface area contributed by atoms with E-state index >= 15 is 0 Å². The average Bonchev–Trinajstić information content (AvgIpc) is 2.83. The van der Waals surface area contributed by atoms with Crippen LogP contribution >= 0.6 is 0 Å². The van der Waals surface area contributed by atoms with Crippen molar-refractivity contribution in [3.8, 4) is 11.9 Å². The zero-order chi connectivity index (χ0) is 13.8. The Balaban J connectivity index is 2.40. The van der Waals surface area contributed by atoms with Gasteiger partial charge in [-0.2, -0.15) is 10.1 Å². The first kappa shape index (κ1) is 13.4. The highest BCUT2D eigenvalue weighted by Gasteiger charge is 2.16.